The number of benzene rings is 1. The van der Waals surface area contributed by atoms with Crippen LogP contribution in [0.4, 0.5) is 0 Å². The molecule has 3 N–H and O–H groups in total. The Morgan fingerprint density at radius 3 is 2.85 bits per heavy atom. The van der Waals surface area contributed by atoms with Crippen LogP contribution in [0, 0.1) is 0 Å². The molecule has 6 heteroatoms. The van der Waals surface area contributed by atoms with E-state index in [1.54, 1.807) is 20.4 Å². The molecule has 5 nitrogen and oxygen atoms in total. The van der Waals surface area contributed by atoms with Gasteiger partial charge in [-0.3, -0.25) is 0 Å². The van der Waals surface area contributed by atoms with Gasteiger partial charge in [0.05, 0.1) is 13.7 Å². The van der Waals surface area contributed by atoms with Crippen molar-refractivity contribution < 1.29 is 14.6 Å². The van der Waals surface area contributed by atoms with Gasteiger partial charge in [0.15, 0.2) is 17.7 Å². The minimum atomic E-state index is 0.521. The van der Waals surface area contributed by atoms with Crippen molar-refractivity contribution in [2.24, 2.45) is 0 Å². The van der Waals surface area contributed by atoms with Crippen LogP contribution in [0.2, 0.25) is 0 Å². The van der Waals surface area contributed by atoms with Crippen LogP contribution >= 0.6 is 12.2 Å². The Balaban J connectivity index is 2.68. The Labute approximate surface area is 125 Å². The summed E-state index contributed by atoms with van der Waals surface area (Å²) in [6.07, 6.45) is 3.93. The van der Waals surface area contributed by atoms with Gasteiger partial charge in [-0.2, -0.15) is 0 Å². The molecule has 1 aromatic carbocycles. The zero-order valence-corrected chi connectivity index (χ0v) is 13.0. The minimum Gasteiger partial charge on any atom is -0.493 e. The Morgan fingerprint density at radius 1 is 1.40 bits per heavy atom. The van der Waals surface area contributed by atoms with E-state index in [1.165, 1.54) is 0 Å². The van der Waals surface area contributed by atoms with E-state index in [9.17, 15) is 0 Å². The zero-order valence-electron chi connectivity index (χ0n) is 12.2. The molecule has 0 atom stereocenters. The molecule has 0 amide bonds. The lowest BCUT2D eigenvalue weighted by Gasteiger charge is -2.10. The maximum absolute atomic E-state index is 5.68. The van der Waals surface area contributed by atoms with Crippen LogP contribution in [0.3, 0.4) is 0 Å². The number of hydrazone groups is 1. The third kappa shape index (κ3) is 5.44. The van der Waals surface area contributed by atoms with Crippen LogP contribution in [-0.4, -0.2) is 32.1 Å². The van der Waals surface area contributed by atoms with E-state index in [-0.39, 0.29) is 0 Å². The number of hydrogen-bond donors (Lipinski definition) is 3. The normalized spacial score (nSPS) is 10.3. The summed E-state index contributed by atoms with van der Waals surface area (Å²) in [7, 11) is 3.38. The first kappa shape index (κ1) is 16.2. The molecule has 1 aromatic rings. The lowest BCUT2D eigenvalue weighted by Crippen LogP contribution is -2.82. The largest absolute Gasteiger partial charge is 0.493 e. The molecule has 0 bridgehead atoms. The van der Waals surface area contributed by atoms with Gasteiger partial charge in [0.2, 0.25) is 5.11 Å². The highest BCUT2D eigenvalue weighted by atomic mass is 32.1. The number of hydrogen-bond acceptors (Lipinski definition) is 3. The monoisotopic (exact) mass is 296 g/mol. The average Bonchev–Trinajstić information content (AvgIpc) is 2.48. The van der Waals surface area contributed by atoms with Crippen molar-refractivity contribution in [2.45, 2.75) is 19.8 Å². The lowest BCUT2D eigenvalue weighted by molar-refractivity contribution is -0.500. The lowest BCUT2D eigenvalue weighted by atomic mass is 10.2. The number of methoxy groups -OCH3 is 1. The summed E-state index contributed by atoms with van der Waals surface area (Å²) in [5.41, 5.74) is 3.77. The highest BCUT2D eigenvalue weighted by molar-refractivity contribution is 7.80. The first-order valence-corrected chi connectivity index (χ1v) is 6.99. The number of thiocarbonyl (C=S) groups is 1. The second-order valence-electron chi connectivity index (χ2n) is 4.11. The highest BCUT2D eigenvalue weighted by Gasteiger charge is 2.06. The molecule has 0 aromatic heterocycles. The van der Waals surface area contributed by atoms with Crippen LogP contribution in [-0.2, 0) is 0 Å². The summed E-state index contributed by atoms with van der Waals surface area (Å²) in [5.74, 6) is 1.48. The van der Waals surface area contributed by atoms with Crippen molar-refractivity contribution in [3.63, 3.8) is 0 Å². The van der Waals surface area contributed by atoms with Gasteiger partial charge >= 0.3 is 0 Å². The fourth-order valence-electron chi connectivity index (χ4n) is 1.47. The van der Waals surface area contributed by atoms with Crippen molar-refractivity contribution >= 4 is 23.5 Å². The maximum Gasteiger partial charge on any atom is 0.223 e. The van der Waals surface area contributed by atoms with E-state index in [2.05, 4.69) is 22.8 Å². The Morgan fingerprint density at radius 2 is 2.20 bits per heavy atom. The smallest absolute Gasteiger partial charge is 0.223 e. The quantitative estimate of drug-likeness (QED) is 0.294. The molecule has 0 saturated heterocycles. The molecule has 0 saturated carbocycles. The fourth-order valence-corrected chi connectivity index (χ4v) is 1.53. The van der Waals surface area contributed by atoms with E-state index in [4.69, 9.17) is 21.7 Å². The molecule has 0 aliphatic rings. The Hall–Kier alpha value is -1.82. The van der Waals surface area contributed by atoms with Gasteiger partial charge in [0.25, 0.3) is 0 Å². The van der Waals surface area contributed by atoms with Gasteiger partial charge in [-0.05, 0) is 36.8 Å². The third-order valence-electron chi connectivity index (χ3n) is 2.59. The van der Waals surface area contributed by atoms with E-state index >= 15 is 0 Å². The number of rotatable bonds is 7. The first-order valence-electron chi connectivity index (χ1n) is 6.58. The second-order valence-corrected chi connectivity index (χ2v) is 4.51. The third-order valence-corrected chi connectivity index (χ3v) is 2.90. The molecule has 0 radical (unpaired) electrons. The minimum absolute atomic E-state index is 0.521. The molecular formula is C14H22N3O2S+. The zero-order chi connectivity index (χ0) is 14.8. The van der Waals surface area contributed by atoms with Gasteiger partial charge in [0, 0.05) is 12.6 Å². The summed E-state index contributed by atoms with van der Waals surface area (Å²) in [5, 5.41) is 6.23. The van der Waals surface area contributed by atoms with E-state index in [1.807, 2.05) is 18.2 Å². The van der Waals surface area contributed by atoms with Gasteiger partial charge in [-0.1, -0.05) is 13.3 Å². The van der Waals surface area contributed by atoms with Crippen LogP contribution in [0.15, 0.2) is 18.2 Å². The summed E-state index contributed by atoms with van der Waals surface area (Å²) < 4.78 is 11.0. The SMILES string of the molecule is CCCCOc1ccc(C=[NH+]NC(=S)NC)cc1OC. The van der Waals surface area contributed by atoms with Crippen molar-refractivity contribution in [3.05, 3.63) is 23.8 Å². The van der Waals surface area contributed by atoms with Crippen molar-refractivity contribution in [1.82, 2.24) is 10.7 Å². The molecule has 0 spiro atoms. The first-order chi connectivity index (χ1) is 9.71. The van der Waals surface area contributed by atoms with Crippen molar-refractivity contribution in [1.29, 1.82) is 0 Å². The van der Waals surface area contributed by atoms with Crippen molar-refractivity contribution in [3.8, 4) is 11.5 Å². The van der Waals surface area contributed by atoms with E-state index in [0.29, 0.717) is 17.5 Å². The van der Waals surface area contributed by atoms with Gasteiger partial charge < -0.3 is 14.8 Å². The number of ether oxygens (including phenoxy) is 2. The summed E-state index contributed by atoms with van der Waals surface area (Å²) in [6.45, 7) is 2.83. The summed E-state index contributed by atoms with van der Waals surface area (Å²) in [6, 6.07) is 5.75. The van der Waals surface area contributed by atoms with Crippen LogP contribution in [0.25, 0.3) is 0 Å². The summed E-state index contributed by atoms with van der Waals surface area (Å²) in [4.78, 5) is 0. The average molecular weight is 296 g/mol. The van der Waals surface area contributed by atoms with E-state index < -0.39 is 0 Å². The second kappa shape index (κ2) is 9.14. The van der Waals surface area contributed by atoms with Crippen molar-refractivity contribution in [2.75, 3.05) is 20.8 Å². The Kier molecular flexibility index (Phi) is 7.42. The standard InChI is InChI=1S/C14H21N3O2S/c1-4-5-8-19-12-7-6-11(9-13(12)18-3)10-16-17-14(20)15-2/h6-7,9-10H,4-5,8H2,1-3H3,(H2,15,17,20)/p+1. The van der Waals surface area contributed by atoms with Crippen LogP contribution < -0.4 is 25.3 Å². The topological polar surface area (TPSA) is 56.5 Å². The Bertz CT molecular complexity index is 464. The van der Waals surface area contributed by atoms with Gasteiger partial charge in [-0.15, -0.1) is 10.5 Å². The number of hydrazine groups is 1. The molecule has 0 aliphatic heterocycles. The van der Waals surface area contributed by atoms with Gasteiger partial charge in [-0.25, -0.2) is 0 Å². The number of unbranched alkanes of at least 4 members (excludes halogenated alkanes) is 1. The van der Waals surface area contributed by atoms with Crippen LogP contribution in [0.1, 0.15) is 25.3 Å². The molecule has 0 heterocycles. The molecular weight excluding hydrogens is 274 g/mol. The molecule has 1 rings (SSSR count). The van der Waals surface area contributed by atoms with Crippen LogP contribution in [0.5, 0.6) is 11.5 Å². The molecule has 20 heavy (non-hydrogen) atoms. The van der Waals surface area contributed by atoms with Gasteiger partial charge in [0.1, 0.15) is 0 Å². The maximum atomic E-state index is 5.68. The van der Waals surface area contributed by atoms with E-state index in [0.717, 1.165) is 24.2 Å². The molecule has 0 aliphatic carbocycles. The molecule has 110 valence electrons. The predicted octanol–water partition coefficient (Wildman–Crippen LogP) is 0.383. The molecule has 0 fully saturated rings. The predicted molar refractivity (Wildman–Crippen MR) is 84.3 cm³/mol. The number of nitrogens with one attached hydrogen (secondary N) is 3. The fraction of sp³-hybridized carbons (Fsp3) is 0.429. The molecule has 0 unspecified atom stereocenters. The highest BCUT2D eigenvalue weighted by Crippen LogP contribution is 2.27. The summed E-state index contributed by atoms with van der Waals surface area (Å²) >= 11 is 4.95.